The molecule has 0 bridgehead atoms. The molecule has 1 fully saturated rings. The van der Waals surface area contributed by atoms with Crippen molar-refractivity contribution in [1.29, 1.82) is 0 Å². The molecular formula is C24H22N2O. The number of hydrogen-bond acceptors (Lipinski definition) is 2. The molecule has 1 aromatic heterocycles. The van der Waals surface area contributed by atoms with Gasteiger partial charge >= 0.3 is 0 Å². The normalized spacial score (nSPS) is 19.4. The summed E-state index contributed by atoms with van der Waals surface area (Å²) in [6, 6.07) is 29.2. The van der Waals surface area contributed by atoms with Crippen molar-refractivity contribution >= 4 is 10.9 Å². The molecule has 3 aromatic carbocycles. The zero-order valence-corrected chi connectivity index (χ0v) is 15.1. The fourth-order valence-corrected chi connectivity index (χ4v) is 4.11. The number of aromatic nitrogens is 1. The summed E-state index contributed by atoms with van der Waals surface area (Å²) in [6.45, 7) is 0.941. The molecule has 0 saturated carbocycles. The van der Waals surface area contributed by atoms with Crippen LogP contribution in [-0.2, 0) is 5.72 Å². The molecule has 4 aromatic rings. The molecule has 0 amide bonds. The van der Waals surface area contributed by atoms with Crippen LogP contribution in [0.25, 0.3) is 22.0 Å². The molecule has 1 atom stereocenters. The zero-order chi connectivity index (χ0) is 18.1. The number of hydrogen-bond donors (Lipinski definition) is 2. The van der Waals surface area contributed by atoms with Gasteiger partial charge < -0.3 is 9.72 Å². The molecule has 1 aliphatic rings. The van der Waals surface area contributed by atoms with Gasteiger partial charge in [0, 0.05) is 22.9 Å². The van der Waals surface area contributed by atoms with Gasteiger partial charge in [-0.1, -0.05) is 66.7 Å². The Morgan fingerprint density at radius 3 is 2.22 bits per heavy atom. The van der Waals surface area contributed by atoms with Gasteiger partial charge in [0.25, 0.3) is 0 Å². The van der Waals surface area contributed by atoms with Gasteiger partial charge in [0.1, 0.15) is 5.75 Å². The van der Waals surface area contributed by atoms with Crippen molar-refractivity contribution < 1.29 is 4.74 Å². The van der Waals surface area contributed by atoms with E-state index in [2.05, 4.69) is 64.9 Å². The highest BCUT2D eigenvalue weighted by molar-refractivity contribution is 5.98. The second kappa shape index (κ2) is 6.60. The third-order valence-electron chi connectivity index (χ3n) is 5.32. The largest absolute Gasteiger partial charge is 0.467 e. The van der Waals surface area contributed by atoms with E-state index in [4.69, 9.17) is 4.74 Å². The van der Waals surface area contributed by atoms with Gasteiger partial charge in [-0.05, 0) is 36.7 Å². The second-order valence-electron chi connectivity index (χ2n) is 7.06. The molecule has 1 unspecified atom stereocenters. The highest BCUT2D eigenvalue weighted by Crippen LogP contribution is 2.42. The van der Waals surface area contributed by atoms with E-state index < -0.39 is 5.72 Å². The van der Waals surface area contributed by atoms with Crippen LogP contribution in [0.1, 0.15) is 18.5 Å². The smallest absolute Gasteiger partial charge is 0.202 e. The van der Waals surface area contributed by atoms with Gasteiger partial charge in [-0.2, -0.15) is 0 Å². The fourth-order valence-electron chi connectivity index (χ4n) is 4.11. The standard InChI is InChI=1S/C24H22N2O/c1-3-10-18(11-4-1)22-20-14-7-8-15-21(20)26-23(22)24(16-9-17-25-24)27-19-12-5-2-6-13-19/h1-8,10-15,25-26H,9,16-17H2. The quantitative estimate of drug-likeness (QED) is 0.511. The molecule has 3 heteroatoms. The Hall–Kier alpha value is -3.04. The third-order valence-corrected chi connectivity index (χ3v) is 5.32. The van der Waals surface area contributed by atoms with Crippen molar-refractivity contribution in [3.05, 3.63) is 90.6 Å². The van der Waals surface area contributed by atoms with Gasteiger partial charge in [0.15, 0.2) is 0 Å². The molecule has 3 nitrogen and oxygen atoms in total. The molecule has 134 valence electrons. The Bertz CT molecular complexity index is 1050. The van der Waals surface area contributed by atoms with Crippen LogP contribution in [0.4, 0.5) is 0 Å². The van der Waals surface area contributed by atoms with E-state index in [0.29, 0.717) is 0 Å². The maximum atomic E-state index is 6.60. The lowest BCUT2D eigenvalue weighted by Crippen LogP contribution is -2.43. The number of nitrogens with one attached hydrogen (secondary N) is 2. The summed E-state index contributed by atoms with van der Waals surface area (Å²) in [6.07, 6.45) is 2.00. The maximum Gasteiger partial charge on any atom is 0.202 e. The predicted octanol–water partition coefficient (Wildman–Crippen LogP) is 5.45. The van der Waals surface area contributed by atoms with E-state index in [1.807, 2.05) is 30.3 Å². The van der Waals surface area contributed by atoms with Crippen molar-refractivity contribution in [2.75, 3.05) is 6.54 Å². The highest BCUT2D eigenvalue weighted by Gasteiger charge is 2.41. The SMILES string of the molecule is c1ccc(OC2(c3[nH]c4ccccc4c3-c3ccccc3)CCCN2)cc1. The zero-order valence-electron chi connectivity index (χ0n) is 15.1. The summed E-state index contributed by atoms with van der Waals surface area (Å²) >= 11 is 0. The molecule has 2 N–H and O–H groups in total. The predicted molar refractivity (Wildman–Crippen MR) is 110 cm³/mol. The minimum atomic E-state index is -0.550. The van der Waals surface area contributed by atoms with E-state index in [9.17, 15) is 0 Å². The monoisotopic (exact) mass is 354 g/mol. The first-order chi connectivity index (χ1) is 13.4. The van der Waals surface area contributed by atoms with E-state index in [1.54, 1.807) is 0 Å². The van der Waals surface area contributed by atoms with E-state index >= 15 is 0 Å². The summed E-state index contributed by atoms with van der Waals surface area (Å²) in [5, 5.41) is 4.88. The Kier molecular flexibility index (Phi) is 3.95. The molecule has 1 aliphatic heterocycles. The Labute approximate surface area is 159 Å². The number of ether oxygens (including phenoxy) is 1. The highest BCUT2D eigenvalue weighted by atomic mass is 16.5. The minimum absolute atomic E-state index is 0.550. The average Bonchev–Trinajstić information content (AvgIpc) is 3.35. The topological polar surface area (TPSA) is 37.0 Å². The minimum Gasteiger partial charge on any atom is -0.467 e. The van der Waals surface area contributed by atoms with Crippen molar-refractivity contribution in [3.8, 4) is 16.9 Å². The molecule has 5 rings (SSSR count). The van der Waals surface area contributed by atoms with Crippen LogP contribution in [-0.4, -0.2) is 11.5 Å². The summed E-state index contributed by atoms with van der Waals surface area (Å²) in [4.78, 5) is 3.68. The number of para-hydroxylation sites is 2. The summed E-state index contributed by atoms with van der Waals surface area (Å²) in [5.74, 6) is 0.879. The van der Waals surface area contributed by atoms with Crippen molar-refractivity contribution in [2.45, 2.75) is 18.6 Å². The van der Waals surface area contributed by atoms with E-state index in [-0.39, 0.29) is 0 Å². The molecule has 0 radical (unpaired) electrons. The van der Waals surface area contributed by atoms with E-state index in [1.165, 1.54) is 16.5 Å². The molecular weight excluding hydrogens is 332 g/mol. The van der Waals surface area contributed by atoms with Crippen LogP contribution in [0.3, 0.4) is 0 Å². The molecule has 0 spiro atoms. The third kappa shape index (κ3) is 2.81. The van der Waals surface area contributed by atoms with Crippen LogP contribution in [0.15, 0.2) is 84.9 Å². The number of fused-ring (bicyclic) bond motifs is 1. The van der Waals surface area contributed by atoms with Crippen LogP contribution in [0.2, 0.25) is 0 Å². The first kappa shape index (κ1) is 16.2. The lowest BCUT2D eigenvalue weighted by molar-refractivity contribution is 0.0467. The first-order valence-corrected chi connectivity index (χ1v) is 9.51. The van der Waals surface area contributed by atoms with Gasteiger partial charge in [0.05, 0.1) is 5.69 Å². The van der Waals surface area contributed by atoms with Crippen molar-refractivity contribution in [1.82, 2.24) is 10.3 Å². The lowest BCUT2D eigenvalue weighted by Gasteiger charge is -2.31. The van der Waals surface area contributed by atoms with Crippen LogP contribution < -0.4 is 10.1 Å². The van der Waals surface area contributed by atoms with Gasteiger partial charge in [-0.15, -0.1) is 0 Å². The van der Waals surface area contributed by atoms with Crippen molar-refractivity contribution in [3.63, 3.8) is 0 Å². The molecule has 1 saturated heterocycles. The summed E-state index contributed by atoms with van der Waals surface area (Å²) in [7, 11) is 0. The summed E-state index contributed by atoms with van der Waals surface area (Å²) < 4.78 is 6.60. The summed E-state index contributed by atoms with van der Waals surface area (Å²) in [5.41, 5.74) is 4.12. The Morgan fingerprint density at radius 2 is 1.48 bits per heavy atom. The van der Waals surface area contributed by atoms with Crippen LogP contribution >= 0.6 is 0 Å². The number of H-pyrrole nitrogens is 1. The Balaban J connectivity index is 1.73. The van der Waals surface area contributed by atoms with E-state index in [0.717, 1.165) is 36.3 Å². The van der Waals surface area contributed by atoms with Gasteiger partial charge in [0.2, 0.25) is 5.72 Å². The van der Waals surface area contributed by atoms with Gasteiger partial charge in [-0.3, -0.25) is 5.32 Å². The second-order valence-corrected chi connectivity index (χ2v) is 7.06. The number of benzene rings is 3. The van der Waals surface area contributed by atoms with Crippen LogP contribution in [0.5, 0.6) is 5.75 Å². The molecule has 0 aliphatic carbocycles. The number of rotatable bonds is 4. The fraction of sp³-hybridized carbons (Fsp3) is 0.167. The average molecular weight is 354 g/mol. The lowest BCUT2D eigenvalue weighted by atomic mass is 9.95. The molecule has 2 heterocycles. The first-order valence-electron chi connectivity index (χ1n) is 9.51. The molecule has 27 heavy (non-hydrogen) atoms. The maximum absolute atomic E-state index is 6.60. The van der Waals surface area contributed by atoms with Crippen molar-refractivity contribution in [2.24, 2.45) is 0 Å². The Morgan fingerprint density at radius 1 is 0.778 bits per heavy atom. The van der Waals surface area contributed by atoms with Gasteiger partial charge in [-0.25, -0.2) is 0 Å². The van der Waals surface area contributed by atoms with Crippen LogP contribution in [0, 0.1) is 0 Å². The number of aromatic amines is 1.